The van der Waals surface area contributed by atoms with Crippen LogP contribution >= 0.6 is 11.5 Å². The molecule has 0 amide bonds. The molecule has 1 N–H and O–H groups in total. The first-order valence-electron chi connectivity index (χ1n) is 5.52. The van der Waals surface area contributed by atoms with Crippen molar-refractivity contribution in [1.29, 1.82) is 0 Å². The van der Waals surface area contributed by atoms with Gasteiger partial charge in [0.25, 0.3) is 0 Å². The lowest BCUT2D eigenvalue weighted by molar-refractivity contribution is 0.0699. The van der Waals surface area contributed by atoms with E-state index in [1.165, 1.54) is 11.5 Å². The van der Waals surface area contributed by atoms with Crippen LogP contribution in [0.5, 0.6) is 0 Å². The third-order valence-corrected chi connectivity index (χ3v) is 3.38. The first kappa shape index (κ1) is 10.8. The first-order valence-corrected chi connectivity index (χ1v) is 6.30. The van der Waals surface area contributed by atoms with E-state index >= 15 is 0 Å². The molecule has 0 atom stereocenters. The second kappa shape index (κ2) is 5.42. The molecule has 1 aliphatic rings. The molecule has 0 spiro atoms. The van der Waals surface area contributed by atoms with E-state index in [9.17, 15) is 0 Å². The normalized spacial score (nSPS) is 17.9. The number of nitrogens with zero attached hydrogens (tertiary/aromatic N) is 2. The SMILES string of the molecule is CCc1nsc(NCC2CCOCC2)n1. The summed E-state index contributed by atoms with van der Waals surface area (Å²) in [6, 6.07) is 0. The van der Waals surface area contributed by atoms with E-state index < -0.39 is 0 Å². The van der Waals surface area contributed by atoms with Gasteiger partial charge in [0.15, 0.2) is 0 Å². The number of hydrogen-bond donors (Lipinski definition) is 1. The molecule has 15 heavy (non-hydrogen) atoms. The molecule has 0 saturated carbocycles. The summed E-state index contributed by atoms with van der Waals surface area (Å²) in [5.74, 6) is 1.67. The van der Waals surface area contributed by atoms with Crippen LogP contribution in [-0.4, -0.2) is 29.1 Å². The maximum atomic E-state index is 5.32. The molecule has 1 aliphatic heterocycles. The summed E-state index contributed by atoms with van der Waals surface area (Å²) in [7, 11) is 0. The molecule has 2 rings (SSSR count). The average Bonchev–Trinajstić information content (AvgIpc) is 2.76. The van der Waals surface area contributed by atoms with Crippen LogP contribution in [-0.2, 0) is 11.2 Å². The summed E-state index contributed by atoms with van der Waals surface area (Å²) in [4.78, 5) is 4.38. The van der Waals surface area contributed by atoms with Crippen molar-refractivity contribution in [2.75, 3.05) is 25.1 Å². The van der Waals surface area contributed by atoms with Crippen molar-refractivity contribution in [3.63, 3.8) is 0 Å². The highest BCUT2D eigenvalue weighted by Gasteiger charge is 2.13. The Bertz CT molecular complexity index is 297. The van der Waals surface area contributed by atoms with Crippen molar-refractivity contribution in [3.05, 3.63) is 5.82 Å². The number of ether oxygens (including phenoxy) is 1. The van der Waals surface area contributed by atoms with E-state index in [-0.39, 0.29) is 0 Å². The lowest BCUT2D eigenvalue weighted by Gasteiger charge is -2.21. The molecule has 2 heterocycles. The molecule has 0 bridgehead atoms. The Labute approximate surface area is 94.2 Å². The maximum Gasteiger partial charge on any atom is 0.202 e. The van der Waals surface area contributed by atoms with Crippen LogP contribution in [0.1, 0.15) is 25.6 Å². The number of aryl methyl sites for hydroxylation is 1. The molecule has 0 radical (unpaired) electrons. The minimum atomic E-state index is 0.729. The Morgan fingerprint density at radius 2 is 2.27 bits per heavy atom. The van der Waals surface area contributed by atoms with Gasteiger partial charge >= 0.3 is 0 Å². The molecule has 1 aromatic rings. The fourth-order valence-corrected chi connectivity index (χ4v) is 2.31. The van der Waals surface area contributed by atoms with E-state index in [0.29, 0.717) is 0 Å². The number of nitrogens with one attached hydrogen (secondary N) is 1. The van der Waals surface area contributed by atoms with E-state index in [0.717, 1.165) is 55.9 Å². The minimum Gasteiger partial charge on any atom is -0.381 e. The van der Waals surface area contributed by atoms with Gasteiger partial charge in [-0.2, -0.15) is 4.37 Å². The highest BCUT2D eigenvalue weighted by atomic mass is 32.1. The first-order chi connectivity index (χ1) is 7.38. The van der Waals surface area contributed by atoms with Gasteiger partial charge in [-0.1, -0.05) is 6.92 Å². The Hall–Kier alpha value is -0.680. The smallest absolute Gasteiger partial charge is 0.202 e. The molecular formula is C10H17N3OS. The zero-order valence-electron chi connectivity index (χ0n) is 9.03. The maximum absolute atomic E-state index is 5.32. The number of hydrogen-bond acceptors (Lipinski definition) is 5. The number of aromatic nitrogens is 2. The summed E-state index contributed by atoms with van der Waals surface area (Å²) in [6.07, 6.45) is 3.23. The van der Waals surface area contributed by atoms with E-state index in [1.54, 1.807) is 0 Å². The molecule has 1 saturated heterocycles. The van der Waals surface area contributed by atoms with Crippen LogP contribution in [0.2, 0.25) is 0 Å². The minimum absolute atomic E-state index is 0.729. The van der Waals surface area contributed by atoms with Gasteiger partial charge in [-0.15, -0.1) is 0 Å². The zero-order chi connectivity index (χ0) is 10.5. The number of anilines is 1. The van der Waals surface area contributed by atoms with Crippen LogP contribution < -0.4 is 5.32 Å². The lowest BCUT2D eigenvalue weighted by Crippen LogP contribution is -2.22. The van der Waals surface area contributed by atoms with Gasteiger partial charge in [-0.3, -0.25) is 0 Å². The van der Waals surface area contributed by atoms with Crippen molar-refractivity contribution >= 4 is 16.7 Å². The molecule has 1 aromatic heterocycles. The monoisotopic (exact) mass is 227 g/mol. The second-order valence-electron chi connectivity index (χ2n) is 3.81. The second-order valence-corrected chi connectivity index (χ2v) is 4.56. The fourth-order valence-electron chi connectivity index (χ4n) is 1.65. The summed E-state index contributed by atoms with van der Waals surface area (Å²) >= 11 is 1.46. The van der Waals surface area contributed by atoms with Gasteiger partial charge in [0.1, 0.15) is 5.82 Å². The number of rotatable bonds is 4. The Balaban J connectivity index is 1.76. The largest absolute Gasteiger partial charge is 0.381 e. The van der Waals surface area contributed by atoms with Crippen molar-refractivity contribution in [2.45, 2.75) is 26.2 Å². The van der Waals surface area contributed by atoms with Crippen LogP contribution in [0, 0.1) is 5.92 Å². The zero-order valence-corrected chi connectivity index (χ0v) is 9.85. The van der Waals surface area contributed by atoms with Crippen molar-refractivity contribution in [3.8, 4) is 0 Å². The van der Waals surface area contributed by atoms with Crippen LogP contribution in [0.25, 0.3) is 0 Å². The van der Waals surface area contributed by atoms with Gasteiger partial charge in [0, 0.05) is 37.7 Å². The highest BCUT2D eigenvalue weighted by Crippen LogP contribution is 2.17. The summed E-state index contributed by atoms with van der Waals surface area (Å²) in [5, 5.41) is 4.32. The quantitative estimate of drug-likeness (QED) is 0.854. The Morgan fingerprint density at radius 3 is 2.93 bits per heavy atom. The molecule has 4 nitrogen and oxygen atoms in total. The topological polar surface area (TPSA) is 47.0 Å². The van der Waals surface area contributed by atoms with Crippen LogP contribution in [0.3, 0.4) is 0 Å². The average molecular weight is 227 g/mol. The predicted molar refractivity (Wildman–Crippen MR) is 61.3 cm³/mol. The summed E-state index contributed by atoms with van der Waals surface area (Å²) < 4.78 is 9.56. The van der Waals surface area contributed by atoms with E-state index in [1.807, 2.05) is 0 Å². The van der Waals surface area contributed by atoms with Gasteiger partial charge in [-0.25, -0.2) is 4.98 Å². The fraction of sp³-hybridized carbons (Fsp3) is 0.800. The van der Waals surface area contributed by atoms with E-state index in [2.05, 4.69) is 21.6 Å². The Kier molecular flexibility index (Phi) is 3.91. The third-order valence-electron chi connectivity index (χ3n) is 2.67. The van der Waals surface area contributed by atoms with Gasteiger partial charge in [0.05, 0.1) is 0 Å². The highest BCUT2D eigenvalue weighted by molar-refractivity contribution is 7.09. The van der Waals surface area contributed by atoms with Crippen molar-refractivity contribution < 1.29 is 4.74 Å². The van der Waals surface area contributed by atoms with Crippen molar-refractivity contribution in [1.82, 2.24) is 9.36 Å². The molecule has 0 unspecified atom stereocenters. The summed E-state index contributed by atoms with van der Waals surface area (Å²) in [6.45, 7) is 4.89. The lowest BCUT2D eigenvalue weighted by atomic mass is 10.0. The molecular weight excluding hydrogens is 210 g/mol. The summed E-state index contributed by atoms with van der Waals surface area (Å²) in [5.41, 5.74) is 0. The Morgan fingerprint density at radius 1 is 1.47 bits per heavy atom. The van der Waals surface area contributed by atoms with Gasteiger partial charge in [-0.05, 0) is 18.8 Å². The molecule has 84 valence electrons. The van der Waals surface area contributed by atoms with Crippen LogP contribution in [0.15, 0.2) is 0 Å². The van der Waals surface area contributed by atoms with Crippen molar-refractivity contribution in [2.24, 2.45) is 5.92 Å². The predicted octanol–water partition coefficient (Wildman–Crippen LogP) is 1.94. The van der Waals surface area contributed by atoms with E-state index in [4.69, 9.17) is 4.74 Å². The molecule has 0 aromatic carbocycles. The van der Waals surface area contributed by atoms with Gasteiger partial charge < -0.3 is 10.1 Å². The standard InChI is InChI=1S/C10H17N3OS/c1-2-9-12-10(15-13-9)11-7-8-3-5-14-6-4-8/h8H,2-7H2,1H3,(H,11,12,13). The van der Waals surface area contributed by atoms with Crippen LogP contribution in [0.4, 0.5) is 5.13 Å². The molecule has 1 fully saturated rings. The molecule has 5 heteroatoms. The third kappa shape index (κ3) is 3.14. The molecule has 0 aliphatic carbocycles. The van der Waals surface area contributed by atoms with Gasteiger partial charge in [0.2, 0.25) is 5.13 Å².